The van der Waals surface area contributed by atoms with Crippen molar-refractivity contribution in [3.05, 3.63) is 72.1 Å². The maximum atomic E-state index is 12.5. The predicted octanol–water partition coefficient (Wildman–Crippen LogP) is 4.15. The summed E-state index contributed by atoms with van der Waals surface area (Å²) in [6.07, 6.45) is 5.63. The van der Waals surface area contributed by atoms with E-state index < -0.39 is 0 Å². The third kappa shape index (κ3) is 3.46. The Balaban J connectivity index is 1.86. The van der Waals surface area contributed by atoms with Crippen LogP contribution < -0.4 is 5.32 Å². The molecule has 0 spiro atoms. The normalized spacial score (nSPS) is 10.5. The van der Waals surface area contributed by atoms with E-state index in [-0.39, 0.29) is 5.91 Å². The fraction of sp³-hybridized carbons (Fsp3) is 0.111. The average molecular weight is 323 g/mol. The first kappa shape index (κ1) is 15.4. The molecule has 5 heteroatoms. The van der Waals surface area contributed by atoms with Crippen LogP contribution in [0.3, 0.4) is 0 Å². The maximum Gasteiger partial charge on any atom is 0.255 e. The fourth-order valence-electron chi connectivity index (χ4n) is 2.36. The van der Waals surface area contributed by atoms with Crippen LogP contribution in [0, 0.1) is 6.92 Å². The van der Waals surface area contributed by atoms with Gasteiger partial charge in [-0.15, -0.1) is 0 Å². The van der Waals surface area contributed by atoms with Crippen molar-refractivity contribution in [2.45, 2.75) is 12.1 Å². The highest BCUT2D eigenvalue weighted by Gasteiger charge is 2.09. The van der Waals surface area contributed by atoms with Crippen LogP contribution in [-0.4, -0.2) is 21.7 Å². The topological polar surface area (TPSA) is 46.9 Å². The second kappa shape index (κ2) is 6.71. The zero-order chi connectivity index (χ0) is 16.2. The molecule has 23 heavy (non-hydrogen) atoms. The minimum absolute atomic E-state index is 0.122. The first-order valence-electron chi connectivity index (χ1n) is 7.23. The van der Waals surface area contributed by atoms with E-state index in [1.165, 1.54) is 0 Å². The summed E-state index contributed by atoms with van der Waals surface area (Å²) in [6.45, 7) is 2.00. The van der Waals surface area contributed by atoms with Gasteiger partial charge >= 0.3 is 0 Å². The lowest BCUT2D eigenvalue weighted by atomic mass is 10.1. The van der Waals surface area contributed by atoms with Crippen LogP contribution >= 0.6 is 11.8 Å². The van der Waals surface area contributed by atoms with Crippen LogP contribution in [0.5, 0.6) is 0 Å². The summed E-state index contributed by atoms with van der Waals surface area (Å²) in [5.41, 5.74) is 3.45. The average Bonchev–Trinajstić information content (AvgIpc) is 3.03. The number of aromatic nitrogens is 2. The summed E-state index contributed by atoms with van der Waals surface area (Å²) in [5.74, 6) is -0.122. The molecule has 0 aliphatic rings. The molecule has 0 bridgehead atoms. The van der Waals surface area contributed by atoms with Crippen molar-refractivity contribution < 1.29 is 4.79 Å². The molecule has 0 fully saturated rings. The molecule has 4 nitrogen and oxygen atoms in total. The van der Waals surface area contributed by atoms with Crippen LogP contribution in [-0.2, 0) is 0 Å². The fourth-order valence-corrected chi connectivity index (χ4v) is 2.89. The largest absolute Gasteiger partial charge is 0.322 e. The zero-order valence-electron chi connectivity index (χ0n) is 13.0. The molecule has 0 unspecified atom stereocenters. The van der Waals surface area contributed by atoms with Gasteiger partial charge < -0.3 is 5.32 Å². The summed E-state index contributed by atoms with van der Waals surface area (Å²) in [7, 11) is 0. The lowest BCUT2D eigenvalue weighted by Gasteiger charge is -2.09. The van der Waals surface area contributed by atoms with E-state index in [1.807, 2.05) is 72.5 Å². The quantitative estimate of drug-likeness (QED) is 0.734. The molecule has 0 aliphatic heterocycles. The second-order valence-corrected chi connectivity index (χ2v) is 5.93. The van der Waals surface area contributed by atoms with Gasteiger partial charge in [0.25, 0.3) is 5.91 Å². The number of hydrogen-bond donors (Lipinski definition) is 1. The van der Waals surface area contributed by atoms with Gasteiger partial charge in [0.15, 0.2) is 5.16 Å². The molecule has 116 valence electrons. The Hall–Kier alpha value is -2.53. The predicted molar refractivity (Wildman–Crippen MR) is 94.5 cm³/mol. The van der Waals surface area contributed by atoms with Crippen LogP contribution in [0.1, 0.15) is 15.9 Å². The van der Waals surface area contributed by atoms with Gasteiger partial charge in [0.1, 0.15) is 0 Å². The molecular formula is C18H17N3OS. The van der Waals surface area contributed by atoms with Crippen molar-refractivity contribution in [2.75, 3.05) is 11.6 Å². The van der Waals surface area contributed by atoms with E-state index >= 15 is 0 Å². The number of nitrogens with zero attached hydrogens (tertiary/aromatic N) is 2. The van der Waals surface area contributed by atoms with Crippen LogP contribution in [0.15, 0.2) is 66.1 Å². The molecule has 0 saturated carbocycles. The molecular weight excluding hydrogens is 306 g/mol. The molecule has 1 amide bonds. The van der Waals surface area contributed by atoms with Gasteiger partial charge in [-0.1, -0.05) is 30.0 Å². The van der Waals surface area contributed by atoms with Crippen LogP contribution in [0.25, 0.3) is 5.69 Å². The van der Waals surface area contributed by atoms with E-state index in [9.17, 15) is 4.79 Å². The zero-order valence-corrected chi connectivity index (χ0v) is 13.8. The highest BCUT2D eigenvalue weighted by Crippen LogP contribution is 2.19. The number of amides is 1. The summed E-state index contributed by atoms with van der Waals surface area (Å²) in [6, 6.07) is 15.3. The van der Waals surface area contributed by atoms with Crippen molar-refractivity contribution in [1.29, 1.82) is 0 Å². The number of benzene rings is 2. The molecule has 2 aromatic carbocycles. The first-order chi connectivity index (χ1) is 11.2. The number of nitrogens with one attached hydrogen (secondary N) is 1. The number of thioether (sulfide) groups is 1. The van der Waals surface area contributed by atoms with Crippen molar-refractivity contribution in [2.24, 2.45) is 0 Å². The number of carbonyl (C=O) groups is 1. The van der Waals surface area contributed by atoms with E-state index in [0.717, 1.165) is 22.1 Å². The number of aryl methyl sites for hydroxylation is 1. The van der Waals surface area contributed by atoms with E-state index in [2.05, 4.69) is 10.3 Å². The minimum atomic E-state index is -0.122. The van der Waals surface area contributed by atoms with Gasteiger partial charge in [-0.3, -0.25) is 9.36 Å². The highest BCUT2D eigenvalue weighted by atomic mass is 32.2. The lowest BCUT2D eigenvalue weighted by molar-refractivity contribution is 0.102. The molecule has 3 aromatic rings. The van der Waals surface area contributed by atoms with Crippen molar-refractivity contribution in [3.63, 3.8) is 0 Å². The molecule has 3 rings (SSSR count). The number of anilines is 1. The Morgan fingerprint density at radius 3 is 2.78 bits per heavy atom. The molecule has 1 heterocycles. The Kier molecular flexibility index (Phi) is 4.48. The van der Waals surface area contributed by atoms with Crippen molar-refractivity contribution in [3.8, 4) is 5.69 Å². The molecule has 1 aromatic heterocycles. The van der Waals surface area contributed by atoms with Gasteiger partial charge in [0.05, 0.1) is 0 Å². The number of carbonyl (C=O) groups excluding carboxylic acids is 1. The molecule has 0 saturated heterocycles. The van der Waals surface area contributed by atoms with Crippen LogP contribution in [0.2, 0.25) is 0 Å². The van der Waals surface area contributed by atoms with Gasteiger partial charge in [-0.2, -0.15) is 0 Å². The Bertz CT molecular complexity index is 842. The Labute approximate surface area is 139 Å². The highest BCUT2D eigenvalue weighted by molar-refractivity contribution is 7.98. The molecule has 1 N–H and O–H groups in total. The van der Waals surface area contributed by atoms with Gasteiger partial charge in [0.2, 0.25) is 0 Å². The molecule has 0 aliphatic carbocycles. The lowest BCUT2D eigenvalue weighted by Crippen LogP contribution is -2.12. The van der Waals surface area contributed by atoms with Gasteiger partial charge in [-0.25, -0.2) is 4.98 Å². The minimum Gasteiger partial charge on any atom is -0.322 e. The Morgan fingerprint density at radius 1 is 1.17 bits per heavy atom. The Morgan fingerprint density at radius 2 is 2.00 bits per heavy atom. The second-order valence-electron chi connectivity index (χ2n) is 5.16. The number of imidazole rings is 1. The van der Waals surface area contributed by atoms with E-state index in [1.54, 1.807) is 18.0 Å². The van der Waals surface area contributed by atoms with E-state index in [4.69, 9.17) is 0 Å². The monoisotopic (exact) mass is 323 g/mol. The summed E-state index contributed by atoms with van der Waals surface area (Å²) >= 11 is 1.57. The summed E-state index contributed by atoms with van der Waals surface area (Å²) in [5, 5.41) is 3.82. The van der Waals surface area contributed by atoms with Gasteiger partial charge in [-0.05, 0) is 49.1 Å². The van der Waals surface area contributed by atoms with Crippen molar-refractivity contribution in [1.82, 2.24) is 9.55 Å². The van der Waals surface area contributed by atoms with Crippen molar-refractivity contribution >= 4 is 23.4 Å². The van der Waals surface area contributed by atoms with E-state index in [0.29, 0.717) is 5.56 Å². The third-order valence-corrected chi connectivity index (χ3v) is 4.12. The number of rotatable bonds is 4. The number of hydrogen-bond acceptors (Lipinski definition) is 3. The SMILES string of the molecule is CSc1nccn1-c1cccc(C(=O)Nc2cccc(C)c2)c1. The summed E-state index contributed by atoms with van der Waals surface area (Å²) < 4.78 is 1.97. The smallest absolute Gasteiger partial charge is 0.255 e. The summed E-state index contributed by atoms with van der Waals surface area (Å²) in [4.78, 5) is 16.7. The molecule has 0 atom stereocenters. The third-order valence-electron chi connectivity index (χ3n) is 3.45. The molecule has 0 radical (unpaired) electrons. The van der Waals surface area contributed by atoms with Crippen LogP contribution in [0.4, 0.5) is 5.69 Å². The first-order valence-corrected chi connectivity index (χ1v) is 8.45. The maximum absolute atomic E-state index is 12.5. The standard InChI is InChI=1S/C18H17N3OS/c1-13-5-3-7-15(11-13)20-17(22)14-6-4-8-16(12-14)21-10-9-19-18(21)23-2/h3-12H,1-2H3,(H,20,22). The van der Waals surface area contributed by atoms with Gasteiger partial charge in [0, 0.05) is 29.3 Å².